The number of nitrogens with two attached hydrogens (primary N) is 1. The Morgan fingerprint density at radius 1 is 1.30 bits per heavy atom. The summed E-state index contributed by atoms with van der Waals surface area (Å²) < 4.78 is 10.2. The van der Waals surface area contributed by atoms with Crippen LogP contribution in [-0.4, -0.2) is 32.3 Å². The lowest BCUT2D eigenvalue weighted by atomic mass is 9.93. The Morgan fingerprint density at radius 3 is 2.56 bits per heavy atom. The van der Waals surface area contributed by atoms with Crippen molar-refractivity contribution < 1.29 is 14.3 Å². The fourth-order valence-electron chi connectivity index (χ4n) is 3.71. The molecule has 5 heteroatoms. The summed E-state index contributed by atoms with van der Waals surface area (Å²) in [6.45, 7) is 7.57. The first-order chi connectivity index (χ1) is 13.0. The van der Waals surface area contributed by atoms with Crippen LogP contribution in [0.5, 0.6) is 0 Å². The summed E-state index contributed by atoms with van der Waals surface area (Å²) in [6.07, 6.45) is 8.03. The number of esters is 1. The monoisotopic (exact) mass is 374 g/mol. The van der Waals surface area contributed by atoms with Crippen LogP contribution in [0.25, 0.3) is 6.08 Å². The third-order valence-electron chi connectivity index (χ3n) is 4.93. The van der Waals surface area contributed by atoms with Crippen LogP contribution in [0.2, 0.25) is 0 Å². The lowest BCUT2D eigenvalue weighted by Crippen LogP contribution is -2.39. The lowest BCUT2D eigenvalue weighted by molar-refractivity contribution is -0.141. The second kappa shape index (κ2) is 10.2. The van der Waals surface area contributed by atoms with Crippen molar-refractivity contribution in [2.45, 2.75) is 58.9 Å². The Kier molecular flexibility index (Phi) is 8.01. The number of carbonyl (C=O) groups is 1. The van der Waals surface area contributed by atoms with Crippen molar-refractivity contribution in [3.05, 3.63) is 29.5 Å². The van der Waals surface area contributed by atoms with Crippen LogP contribution in [0.1, 0.15) is 58.4 Å². The van der Waals surface area contributed by atoms with Crippen LogP contribution in [0.4, 0.5) is 11.4 Å². The molecule has 1 aromatic rings. The molecule has 0 saturated heterocycles. The molecular weight excluding hydrogens is 340 g/mol. The number of methoxy groups -OCH3 is 1. The van der Waals surface area contributed by atoms with Gasteiger partial charge in [-0.3, -0.25) is 0 Å². The first-order valence-corrected chi connectivity index (χ1v) is 10.0. The largest absolute Gasteiger partial charge is 0.490 e. The SMILES string of the molecule is CCOC(=O)C(=Cc1ccc(N(CC(C)C)C2CCCCC2)c(N)c1)OC. The molecule has 1 saturated carbocycles. The second-order valence-electron chi connectivity index (χ2n) is 7.59. The Labute approximate surface area is 163 Å². The van der Waals surface area contributed by atoms with Crippen molar-refractivity contribution in [2.75, 3.05) is 30.9 Å². The van der Waals surface area contributed by atoms with Gasteiger partial charge in [0.25, 0.3) is 0 Å². The minimum atomic E-state index is -0.466. The highest BCUT2D eigenvalue weighted by atomic mass is 16.6. The van der Waals surface area contributed by atoms with Gasteiger partial charge >= 0.3 is 5.97 Å². The van der Waals surface area contributed by atoms with Crippen LogP contribution in [0.15, 0.2) is 24.0 Å². The zero-order valence-corrected chi connectivity index (χ0v) is 17.2. The van der Waals surface area contributed by atoms with Gasteiger partial charge in [0.15, 0.2) is 0 Å². The lowest BCUT2D eigenvalue weighted by Gasteiger charge is -2.38. The summed E-state index contributed by atoms with van der Waals surface area (Å²) in [5.74, 6) is 0.274. The molecule has 0 bridgehead atoms. The van der Waals surface area contributed by atoms with Gasteiger partial charge in [0.2, 0.25) is 5.76 Å². The fraction of sp³-hybridized carbons (Fsp3) is 0.591. The topological polar surface area (TPSA) is 64.8 Å². The molecule has 5 nitrogen and oxygen atoms in total. The normalized spacial score (nSPS) is 15.7. The Morgan fingerprint density at radius 2 is 2.00 bits per heavy atom. The van der Waals surface area contributed by atoms with Crippen molar-refractivity contribution in [3.63, 3.8) is 0 Å². The maximum Gasteiger partial charge on any atom is 0.373 e. The third-order valence-corrected chi connectivity index (χ3v) is 4.93. The molecule has 1 aliphatic rings. The Hall–Kier alpha value is -2.17. The molecule has 2 N–H and O–H groups in total. The molecule has 0 aromatic heterocycles. The van der Waals surface area contributed by atoms with E-state index in [2.05, 4.69) is 24.8 Å². The Balaban J connectivity index is 2.28. The van der Waals surface area contributed by atoms with Gasteiger partial charge in [0, 0.05) is 12.6 Å². The average molecular weight is 375 g/mol. The van der Waals surface area contributed by atoms with E-state index in [1.807, 2.05) is 12.1 Å². The van der Waals surface area contributed by atoms with Gasteiger partial charge in [0.1, 0.15) is 0 Å². The minimum Gasteiger partial charge on any atom is -0.490 e. The van der Waals surface area contributed by atoms with Crippen molar-refractivity contribution >= 4 is 23.4 Å². The van der Waals surface area contributed by atoms with Gasteiger partial charge in [-0.1, -0.05) is 39.2 Å². The summed E-state index contributed by atoms with van der Waals surface area (Å²) in [5, 5.41) is 0. The predicted octanol–water partition coefficient (Wildman–Crippen LogP) is 4.61. The molecule has 1 fully saturated rings. The summed E-state index contributed by atoms with van der Waals surface area (Å²) in [4.78, 5) is 14.4. The molecule has 0 aliphatic heterocycles. The number of hydrogen-bond acceptors (Lipinski definition) is 5. The summed E-state index contributed by atoms with van der Waals surface area (Å²) in [5.41, 5.74) is 9.07. The highest BCUT2D eigenvalue weighted by Crippen LogP contribution is 2.32. The van der Waals surface area contributed by atoms with Crippen LogP contribution in [-0.2, 0) is 14.3 Å². The molecule has 150 valence electrons. The van der Waals surface area contributed by atoms with E-state index in [0.29, 0.717) is 18.6 Å². The maximum absolute atomic E-state index is 11.9. The van der Waals surface area contributed by atoms with Gasteiger partial charge in [-0.15, -0.1) is 0 Å². The summed E-state index contributed by atoms with van der Waals surface area (Å²) in [6, 6.07) is 6.51. The molecule has 1 aromatic carbocycles. The Bertz CT molecular complexity index is 649. The second-order valence-corrected chi connectivity index (χ2v) is 7.59. The number of benzene rings is 1. The van der Waals surface area contributed by atoms with Crippen LogP contribution in [0.3, 0.4) is 0 Å². The van der Waals surface area contributed by atoms with Crippen molar-refractivity contribution in [1.29, 1.82) is 0 Å². The van der Waals surface area contributed by atoms with E-state index in [-0.39, 0.29) is 5.76 Å². The number of nitrogens with zero attached hydrogens (tertiary/aromatic N) is 1. The summed E-state index contributed by atoms with van der Waals surface area (Å²) >= 11 is 0. The molecular formula is C22H34N2O3. The number of carbonyl (C=O) groups excluding carboxylic acids is 1. The number of anilines is 2. The zero-order valence-electron chi connectivity index (χ0n) is 17.2. The van der Waals surface area contributed by atoms with E-state index in [9.17, 15) is 4.79 Å². The van der Waals surface area contributed by atoms with E-state index >= 15 is 0 Å². The van der Waals surface area contributed by atoms with Crippen LogP contribution < -0.4 is 10.6 Å². The van der Waals surface area contributed by atoms with E-state index in [4.69, 9.17) is 15.2 Å². The highest BCUT2D eigenvalue weighted by Gasteiger charge is 2.23. The van der Waals surface area contributed by atoms with Gasteiger partial charge in [-0.05, 0) is 49.5 Å². The van der Waals surface area contributed by atoms with Gasteiger partial charge in [-0.2, -0.15) is 0 Å². The maximum atomic E-state index is 11.9. The summed E-state index contributed by atoms with van der Waals surface area (Å²) in [7, 11) is 1.47. The highest BCUT2D eigenvalue weighted by molar-refractivity contribution is 5.91. The van der Waals surface area contributed by atoms with E-state index in [1.165, 1.54) is 39.2 Å². The standard InChI is InChI=1S/C22H34N2O3/c1-5-27-22(25)21(26-4)14-17-11-12-20(19(23)13-17)24(15-16(2)3)18-9-7-6-8-10-18/h11-14,16,18H,5-10,15,23H2,1-4H3. The zero-order chi connectivity index (χ0) is 19.8. The molecule has 0 heterocycles. The predicted molar refractivity (Wildman–Crippen MR) is 112 cm³/mol. The van der Waals surface area contributed by atoms with Crippen LogP contribution >= 0.6 is 0 Å². The number of nitrogen functional groups attached to an aromatic ring is 1. The number of rotatable bonds is 8. The molecule has 0 amide bonds. The first kappa shape index (κ1) is 21.1. The molecule has 1 aliphatic carbocycles. The quantitative estimate of drug-likeness (QED) is 0.311. The minimum absolute atomic E-state index is 0.176. The smallest absolute Gasteiger partial charge is 0.373 e. The molecule has 0 spiro atoms. The van der Waals surface area contributed by atoms with Gasteiger partial charge in [-0.25, -0.2) is 4.79 Å². The van der Waals surface area contributed by atoms with Crippen molar-refractivity contribution in [2.24, 2.45) is 5.92 Å². The molecule has 0 unspecified atom stereocenters. The average Bonchev–Trinajstić information content (AvgIpc) is 2.65. The van der Waals surface area contributed by atoms with Crippen LogP contribution in [0, 0.1) is 5.92 Å². The molecule has 0 radical (unpaired) electrons. The van der Waals surface area contributed by atoms with Gasteiger partial charge < -0.3 is 20.1 Å². The van der Waals surface area contributed by atoms with E-state index < -0.39 is 5.97 Å². The van der Waals surface area contributed by atoms with E-state index in [0.717, 1.165) is 23.5 Å². The molecule has 27 heavy (non-hydrogen) atoms. The molecule has 0 atom stereocenters. The van der Waals surface area contributed by atoms with Crippen molar-refractivity contribution in [1.82, 2.24) is 0 Å². The number of hydrogen-bond donors (Lipinski definition) is 1. The molecule has 2 rings (SSSR count). The van der Waals surface area contributed by atoms with E-state index in [1.54, 1.807) is 13.0 Å². The third kappa shape index (κ3) is 5.91. The van der Waals surface area contributed by atoms with Crippen molar-refractivity contribution in [3.8, 4) is 0 Å². The first-order valence-electron chi connectivity index (χ1n) is 10.0. The number of ether oxygens (including phenoxy) is 2. The van der Waals surface area contributed by atoms with Gasteiger partial charge in [0.05, 0.1) is 25.1 Å². The fourth-order valence-corrected chi connectivity index (χ4v) is 3.71.